The lowest BCUT2D eigenvalue weighted by atomic mass is 9.91. The summed E-state index contributed by atoms with van der Waals surface area (Å²) in [5.41, 5.74) is -2.18. The van der Waals surface area contributed by atoms with E-state index in [-0.39, 0.29) is 28.7 Å². The summed E-state index contributed by atoms with van der Waals surface area (Å²) in [4.78, 5) is 20.1. The van der Waals surface area contributed by atoms with Gasteiger partial charge in [-0.05, 0) is 26.8 Å². The van der Waals surface area contributed by atoms with Crippen LogP contribution in [0.3, 0.4) is 0 Å². The third-order valence-corrected chi connectivity index (χ3v) is 7.93. The molecule has 1 aromatic carbocycles. The molecule has 0 aliphatic carbocycles. The maximum absolute atomic E-state index is 14.7. The van der Waals surface area contributed by atoms with Gasteiger partial charge in [-0.15, -0.1) is 0 Å². The second-order valence-corrected chi connectivity index (χ2v) is 10.4. The van der Waals surface area contributed by atoms with Crippen molar-refractivity contribution >= 4 is 27.3 Å². The summed E-state index contributed by atoms with van der Waals surface area (Å²) in [6, 6.07) is 1.89. The van der Waals surface area contributed by atoms with Crippen molar-refractivity contribution in [3.8, 4) is 5.88 Å². The second kappa shape index (κ2) is 7.52. The minimum Gasteiger partial charge on any atom is -0.480 e. The molecule has 0 saturated carbocycles. The lowest BCUT2D eigenvalue weighted by Crippen LogP contribution is -2.64. The van der Waals surface area contributed by atoms with E-state index in [4.69, 9.17) is 10.1 Å². The number of carbonyl (C=O) groups is 1. The maximum Gasteiger partial charge on any atom is 0.275 e. The number of carbonyl (C=O) groups excluding carboxylic acids is 1. The van der Waals surface area contributed by atoms with Crippen LogP contribution in [0.1, 0.15) is 36.8 Å². The van der Waals surface area contributed by atoms with Gasteiger partial charge in [-0.2, -0.15) is 0 Å². The summed E-state index contributed by atoms with van der Waals surface area (Å²) in [5, 5.41) is 13.2. The second-order valence-electron chi connectivity index (χ2n) is 7.82. The van der Waals surface area contributed by atoms with Crippen molar-refractivity contribution in [1.29, 1.82) is 5.41 Å². The lowest BCUT2D eigenvalue weighted by Gasteiger charge is -2.43. The van der Waals surface area contributed by atoms with Gasteiger partial charge < -0.3 is 15.4 Å². The van der Waals surface area contributed by atoms with Crippen molar-refractivity contribution in [1.82, 2.24) is 15.3 Å². The molecule has 1 aliphatic rings. The summed E-state index contributed by atoms with van der Waals surface area (Å²) in [5.74, 6) is -4.04. The van der Waals surface area contributed by atoms with E-state index in [9.17, 15) is 22.0 Å². The van der Waals surface area contributed by atoms with Crippen molar-refractivity contribution < 1.29 is 26.7 Å². The van der Waals surface area contributed by atoms with E-state index in [0.29, 0.717) is 0 Å². The highest BCUT2D eigenvalue weighted by Gasteiger charge is 2.51. The van der Waals surface area contributed by atoms with Gasteiger partial charge in [0.05, 0.1) is 30.8 Å². The van der Waals surface area contributed by atoms with Gasteiger partial charge in [0.1, 0.15) is 16.3 Å². The van der Waals surface area contributed by atoms with Crippen LogP contribution in [-0.4, -0.2) is 47.7 Å². The molecule has 3 rings (SSSR count). The first-order valence-electron chi connectivity index (χ1n) is 9.07. The van der Waals surface area contributed by atoms with Gasteiger partial charge in [0.15, 0.2) is 21.5 Å². The molecular formula is C19H21F2N5O4S. The van der Waals surface area contributed by atoms with E-state index < -0.39 is 43.4 Å². The number of anilines is 1. The Morgan fingerprint density at radius 1 is 1.23 bits per heavy atom. The van der Waals surface area contributed by atoms with Gasteiger partial charge in [-0.3, -0.25) is 10.2 Å². The van der Waals surface area contributed by atoms with Crippen LogP contribution in [0.15, 0.2) is 24.5 Å². The van der Waals surface area contributed by atoms with Crippen LogP contribution < -0.4 is 15.4 Å². The molecule has 166 valence electrons. The Morgan fingerprint density at radius 2 is 1.90 bits per heavy atom. The number of nitrogens with zero attached hydrogens (tertiary/aromatic N) is 2. The fourth-order valence-electron chi connectivity index (χ4n) is 3.12. The molecule has 2 aromatic rings. The fourth-order valence-corrected chi connectivity index (χ4v) is 4.83. The Balaban J connectivity index is 1.98. The molecule has 9 nitrogen and oxygen atoms in total. The highest BCUT2D eigenvalue weighted by Crippen LogP contribution is 2.36. The fraction of sp³-hybridized carbons (Fsp3) is 0.368. The van der Waals surface area contributed by atoms with Crippen molar-refractivity contribution in [3.05, 3.63) is 47.4 Å². The lowest BCUT2D eigenvalue weighted by molar-refractivity contribution is 0.102. The van der Waals surface area contributed by atoms with Gasteiger partial charge in [0.2, 0.25) is 5.88 Å². The standard InChI is InChI=1S/C19H21F2N5O4S/c1-18(2)17(22)26-19(3,9-31(18,28)29)11-5-10(6-12(20)15(11)21)25-16(27)13-7-24-14(30-4)8-23-13/h5-8H,9H2,1-4H3,(H2,22,26)(H,25,27)/t19-/m0/s1. The van der Waals surface area contributed by atoms with Crippen LogP contribution >= 0.6 is 0 Å². The summed E-state index contributed by atoms with van der Waals surface area (Å²) >= 11 is 0. The molecule has 0 unspecified atom stereocenters. The van der Waals surface area contributed by atoms with Crippen LogP contribution in [0.2, 0.25) is 0 Å². The minimum atomic E-state index is -3.87. The van der Waals surface area contributed by atoms with Crippen molar-refractivity contribution in [2.75, 3.05) is 18.2 Å². The van der Waals surface area contributed by atoms with E-state index in [0.717, 1.165) is 18.3 Å². The number of ether oxygens (including phenoxy) is 1. The summed E-state index contributed by atoms with van der Waals surface area (Å²) in [7, 11) is -2.49. The number of aromatic nitrogens is 2. The third kappa shape index (κ3) is 3.94. The Bertz CT molecular complexity index is 1170. The van der Waals surface area contributed by atoms with Gasteiger partial charge in [0, 0.05) is 17.3 Å². The minimum absolute atomic E-state index is 0.0970. The molecule has 0 bridgehead atoms. The maximum atomic E-state index is 14.7. The molecule has 2 heterocycles. The highest BCUT2D eigenvalue weighted by atomic mass is 32.2. The molecule has 1 saturated heterocycles. The third-order valence-electron chi connectivity index (χ3n) is 5.21. The van der Waals surface area contributed by atoms with E-state index in [2.05, 4.69) is 20.6 Å². The number of amides is 1. The van der Waals surface area contributed by atoms with Crippen LogP contribution in [0.4, 0.5) is 14.5 Å². The molecular weight excluding hydrogens is 432 g/mol. The number of hydrogen-bond acceptors (Lipinski definition) is 7. The zero-order valence-electron chi connectivity index (χ0n) is 17.2. The number of hydrogen-bond donors (Lipinski definition) is 3. The van der Waals surface area contributed by atoms with E-state index >= 15 is 0 Å². The van der Waals surface area contributed by atoms with Crippen LogP contribution in [-0.2, 0) is 15.4 Å². The van der Waals surface area contributed by atoms with Gasteiger partial charge in [0.25, 0.3) is 5.91 Å². The summed E-state index contributed by atoms with van der Waals surface area (Å²) in [6.45, 7) is 4.08. The molecule has 3 N–H and O–H groups in total. The van der Waals surface area contributed by atoms with E-state index in [1.54, 1.807) is 0 Å². The Hall–Kier alpha value is -3.15. The number of amidine groups is 1. The smallest absolute Gasteiger partial charge is 0.275 e. The quantitative estimate of drug-likeness (QED) is 0.645. The predicted octanol–water partition coefficient (Wildman–Crippen LogP) is 2.00. The number of halogens is 2. The molecule has 0 radical (unpaired) electrons. The number of methoxy groups -OCH3 is 1. The average Bonchev–Trinajstić information content (AvgIpc) is 2.68. The first-order chi connectivity index (χ1) is 14.3. The molecule has 1 atom stereocenters. The average molecular weight is 453 g/mol. The molecule has 1 aromatic heterocycles. The number of sulfone groups is 1. The van der Waals surface area contributed by atoms with E-state index in [1.165, 1.54) is 34.1 Å². The van der Waals surface area contributed by atoms with E-state index in [1.807, 2.05) is 0 Å². The van der Waals surface area contributed by atoms with Crippen LogP contribution in [0.5, 0.6) is 5.88 Å². The molecule has 0 spiro atoms. The molecule has 31 heavy (non-hydrogen) atoms. The monoisotopic (exact) mass is 453 g/mol. The van der Waals surface area contributed by atoms with Crippen molar-refractivity contribution in [3.63, 3.8) is 0 Å². The number of rotatable bonds is 4. The summed E-state index contributed by atoms with van der Waals surface area (Å²) in [6.07, 6.45) is 2.37. The zero-order chi connectivity index (χ0) is 23.2. The highest BCUT2D eigenvalue weighted by molar-refractivity contribution is 7.93. The Morgan fingerprint density at radius 3 is 2.45 bits per heavy atom. The molecule has 12 heteroatoms. The predicted molar refractivity (Wildman–Crippen MR) is 109 cm³/mol. The van der Waals surface area contributed by atoms with Crippen LogP contribution in [0, 0.1) is 17.0 Å². The number of benzene rings is 1. The van der Waals surface area contributed by atoms with Crippen molar-refractivity contribution in [2.45, 2.75) is 31.1 Å². The van der Waals surface area contributed by atoms with Gasteiger partial charge in [-0.25, -0.2) is 27.2 Å². The largest absolute Gasteiger partial charge is 0.480 e. The topological polar surface area (TPSA) is 134 Å². The van der Waals surface area contributed by atoms with Crippen LogP contribution in [0.25, 0.3) is 0 Å². The summed E-state index contributed by atoms with van der Waals surface area (Å²) < 4.78 is 57.8. The number of nitrogens with one attached hydrogen (secondary N) is 3. The first-order valence-corrected chi connectivity index (χ1v) is 10.7. The SMILES string of the molecule is COc1cnc(C(=O)Nc2cc(F)c(F)c([C@]3(C)CS(=O)(=O)C(C)(C)C(=N)N3)c2)cn1. The first kappa shape index (κ1) is 22.5. The van der Waals surface area contributed by atoms with Gasteiger partial charge in [-0.1, -0.05) is 0 Å². The molecule has 1 fully saturated rings. The molecule has 1 amide bonds. The zero-order valence-corrected chi connectivity index (χ0v) is 18.0. The van der Waals surface area contributed by atoms with Crippen molar-refractivity contribution in [2.24, 2.45) is 0 Å². The Labute approximate surface area is 177 Å². The molecule has 1 aliphatic heterocycles. The Kier molecular flexibility index (Phi) is 5.47. The van der Waals surface area contributed by atoms with Gasteiger partial charge >= 0.3 is 0 Å². The normalized spacial score (nSPS) is 21.8.